The van der Waals surface area contributed by atoms with Gasteiger partial charge in [0, 0.05) is 41.0 Å². The van der Waals surface area contributed by atoms with Crippen molar-refractivity contribution >= 4 is 10.8 Å². The topological polar surface area (TPSA) is 38.3 Å². The van der Waals surface area contributed by atoms with E-state index >= 15 is 0 Å². The normalized spacial score (nSPS) is 14.4. The molecule has 0 fully saturated rings. The van der Waals surface area contributed by atoms with Crippen molar-refractivity contribution in [2.24, 2.45) is 0 Å². The van der Waals surface area contributed by atoms with Gasteiger partial charge in [-0.1, -0.05) is 17.7 Å². The van der Waals surface area contributed by atoms with Crippen molar-refractivity contribution in [2.75, 3.05) is 19.1 Å². The molecular formula is C13H21NO2S. The minimum Gasteiger partial charge on any atom is -0.496 e. The monoisotopic (exact) mass is 255 g/mol. The van der Waals surface area contributed by atoms with Gasteiger partial charge in [0.25, 0.3) is 0 Å². The number of aryl methyl sites for hydroxylation is 1. The summed E-state index contributed by atoms with van der Waals surface area (Å²) in [6.07, 6.45) is 1.73. The quantitative estimate of drug-likeness (QED) is 0.843. The average Bonchev–Trinajstić information content (AvgIpc) is 2.25. The Morgan fingerprint density at radius 1 is 1.47 bits per heavy atom. The van der Waals surface area contributed by atoms with E-state index in [0.29, 0.717) is 5.75 Å². The van der Waals surface area contributed by atoms with E-state index in [2.05, 4.69) is 18.3 Å². The number of ether oxygens (including phenoxy) is 1. The van der Waals surface area contributed by atoms with Gasteiger partial charge in [0.2, 0.25) is 0 Å². The van der Waals surface area contributed by atoms with E-state index in [0.717, 1.165) is 17.9 Å². The van der Waals surface area contributed by atoms with Crippen LogP contribution in [-0.4, -0.2) is 29.4 Å². The van der Waals surface area contributed by atoms with Crippen LogP contribution in [0.3, 0.4) is 0 Å². The molecule has 4 heteroatoms. The Bertz CT molecular complexity index is 393. The molecule has 0 aliphatic rings. The number of nitrogens with one attached hydrogen (secondary N) is 1. The first-order valence-electron chi connectivity index (χ1n) is 5.70. The van der Waals surface area contributed by atoms with Crippen molar-refractivity contribution in [1.29, 1.82) is 0 Å². The summed E-state index contributed by atoms with van der Waals surface area (Å²) < 4.78 is 16.4. The zero-order chi connectivity index (χ0) is 12.8. The Morgan fingerprint density at radius 2 is 2.18 bits per heavy atom. The number of rotatable bonds is 6. The SMILES string of the molecule is COc1ccc(C)cc1CNC(C)CS(C)=O. The van der Waals surface area contributed by atoms with Crippen LogP contribution in [0.1, 0.15) is 18.1 Å². The molecule has 0 aliphatic carbocycles. The van der Waals surface area contributed by atoms with Crippen LogP contribution in [0, 0.1) is 6.92 Å². The summed E-state index contributed by atoms with van der Waals surface area (Å²) in [5.74, 6) is 1.57. The number of hydrogen-bond acceptors (Lipinski definition) is 3. The first-order chi connectivity index (χ1) is 8.02. The molecule has 3 nitrogen and oxygen atoms in total. The summed E-state index contributed by atoms with van der Waals surface area (Å²) in [6, 6.07) is 6.37. The van der Waals surface area contributed by atoms with Gasteiger partial charge < -0.3 is 10.1 Å². The van der Waals surface area contributed by atoms with Crippen LogP contribution in [-0.2, 0) is 17.3 Å². The Morgan fingerprint density at radius 3 is 2.76 bits per heavy atom. The van der Waals surface area contributed by atoms with Crippen molar-refractivity contribution in [1.82, 2.24) is 5.32 Å². The van der Waals surface area contributed by atoms with Crippen molar-refractivity contribution in [3.63, 3.8) is 0 Å². The Hall–Kier alpha value is -0.870. The van der Waals surface area contributed by atoms with Crippen molar-refractivity contribution in [3.05, 3.63) is 29.3 Å². The second-order valence-electron chi connectivity index (χ2n) is 4.34. The molecule has 1 N–H and O–H groups in total. The molecule has 96 valence electrons. The standard InChI is InChI=1S/C13H21NO2S/c1-10-5-6-13(16-3)12(7-10)8-14-11(2)9-17(4)15/h5-7,11,14H,8-9H2,1-4H3. The van der Waals surface area contributed by atoms with Gasteiger partial charge in [-0.3, -0.25) is 4.21 Å². The van der Waals surface area contributed by atoms with E-state index in [-0.39, 0.29) is 6.04 Å². The number of hydrogen-bond donors (Lipinski definition) is 1. The van der Waals surface area contributed by atoms with Crippen molar-refractivity contribution in [2.45, 2.75) is 26.4 Å². The van der Waals surface area contributed by atoms with E-state index < -0.39 is 10.8 Å². The molecule has 0 saturated carbocycles. The molecular weight excluding hydrogens is 234 g/mol. The van der Waals surface area contributed by atoms with Crippen LogP contribution in [0.5, 0.6) is 5.75 Å². The summed E-state index contributed by atoms with van der Waals surface area (Å²) in [6.45, 7) is 4.85. The van der Waals surface area contributed by atoms with Gasteiger partial charge in [-0.15, -0.1) is 0 Å². The van der Waals surface area contributed by atoms with Gasteiger partial charge in [-0.25, -0.2) is 0 Å². The minimum atomic E-state index is -0.759. The van der Waals surface area contributed by atoms with Gasteiger partial charge in [0.15, 0.2) is 0 Å². The fourth-order valence-corrected chi connectivity index (χ4v) is 2.56. The first-order valence-corrected chi connectivity index (χ1v) is 7.42. The van der Waals surface area contributed by atoms with E-state index in [1.807, 2.05) is 19.1 Å². The van der Waals surface area contributed by atoms with Crippen LogP contribution < -0.4 is 10.1 Å². The predicted molar refractivity (Wildman–Crippen MR) is 73.0 cm³/mol. The third kappa shape index (κ3) is 4.88. The molecule has 1 rings (SSSR count). The highest BCUT2D eigenvalue weighted by Gasteiger charge is 2.07. The molecule has 1 aromatic rings. The molecule has 0 aromatic heterocycles. The highest BCUT2D eigenvalue weighted by atomic mass is 32.2. The summed E-state index contributed by atoms with van der Waals surface area (Å²) in [5.41, 5.74) is 2.36. The third-order valence-electron chi connectivity index (χ3n) is 2.56. The molecule has 0 aliphatic heterocycles. The van der Waals surface area contributed by atoms with Crippen LogP contribution in [0.15, 0.2) is 18.2 Å². The lowest BCUT2D eigenvalue weighted by molar-refractivity contribution is 0.406. The van der Waals surface area contributed by atoms with Crippen LogP contribution in [0.4, 0.5) is 0 Å². The van der Waals surface area contributed by atoms with Crippen LogP contribution >= 0.6 is 0 Å². The summed E-state index contributed by atoms with van der Waals surface area (Å²) >= 11 is 0. The fourth-order valence-electron chi connectivity index (χ4n) is 1.74. The highest BCUT2D eigenvalue weighted by molar-refractivity contribution is 7.84. The fraction of sp³-hybridized carbons (Fsp3) is 0.538. The molecule has 0 spiro atoms. The molecule has 2 unspecified atom stereocenters. The van der Waals surface area contributed by atoms with E-state index in [1.165, 1.54) is 5.56 Å². The van der Waals surface area contributed by atoms with Gasteiger partial charge in [0.05, 0.1) is 7.11 Å². The zero-order valence-corrected chi connectivity index (χ0v) is 11.8. The minimum absolute atomic E-state index is 0.242. The maximum Gasteiger partial charge on any atom is 0.123 e. The van der Waals surface area contributed by atoms with E-state index in [4.69, 9.17) is 4.74 Å². The zero-order valence-electron chi connectivity index (χ0n) is 10.9. The lowest BCUT2D eigenvalue weighted by Crippen LogP contribution is -2.30. The van der Waals surface area contributed by atoms with Gasteiger partial charge in [-0.2, -0.15) is 0 Å². The lowest BCUT2D eigenvalue weighted by atomic mass is 10.1. The van der Waals surface area contributed by atoms with Crippen LogP contribution in [0.2, 0.25) is 0 Å². The highest BCUT2D eigenvalue weighted by Crippen LogP contribution is 2.19. The largest absolute Gasteiger partial charge is 0.496 e. The van der Waals surface area contributed by atoms with Gasteiger partial charge >= 0.3 is 0 Å². The molecule has 0 amide bonds. The molecule has 0 saturated heterocycles. The molecule has 17 heavy (non-hydrogen) atoms. The van der Waals surface area contributed by atoms with Gasteiger partial charge in [-0.05, 0) is 19.9 Å². The lowest BCUT2D eigenvalue weighted by Gasteiger charge is -2.14. The Kier molecular flexibility index (Phi) is 5.65. The summed E-state index contributed by atoms with van der Waals surface area (Å²) in [5, 5.41) is 3.36. The van der Waals surface area contributed by atoms with E-state index in [1.54, 1.807) is 13.4 Å². The number of benzene rings is 1. The smallest absolute Gasteiger partial charge is 0.123 e. The summed E-state index contributed by atoms with van der Waals surface area (Å²) in [4.78, 5) is 0. The van der Waals surface area contributed by atoms with Crippen molar-refractivity contribution < 1.29 is 8.95 Å². The Labute approximate surface area is 106 Å². The molecule has 0 radical (unpaired) electrons. The van der Waals surface area contributed by atoms with Gasteiger partial charge in [0.1, 0.15) is 5.75 Å². The molecule has 1 aromatic carbocycles. The molecule has 2 atom stereocenters. The maximum absolute atomic E-state index is 11.1. The third-order valence-corrected chi connectivity index (χ3v) is 3.53. The first kappa shape index (κ1) is 14.2. The number of methoxy groups -OCH3 is 1. The maximum atomic E-state index is 11.1. The summed E-state index contributed by atoms with van der Waals surface area (Å²) in [7, 11) is 0.920. The second-order valence-corrected chi connectivity index (χ2v) is 5.82. The average molecular weight is 255 g/mol. The molecule has 0 heterocycles. The Balaban J connectivity index is 2.61. The van der Waals surface area contributed by atoms with E-state index in [9.17, 15) is 4.21 Å². The predicted octanol–water partition coefficient (Wildman–Crippen LogP) is 1.86. The van der Waals surface area contributed by atoms with Crippen LogP contribution in [0.25, 0.3) is 0 Å². The molecule has 0 bridgehead atoms. The second kappa shape index (κ2) is 6.77. The van der Waals surface area contributed by atoms with Crippen molar-refractivity contribution in [3.8, 4) is 5.75 Å².